The first-order chi connectivity index (χ1) is 22.7. The number of rotatable bonds is 13. The SMILES string of the molecule is CC(C)CN(C[C@@H](O)[C@H](Cc1ccccc1)NC(=O)O[C@H]1CO[C@H]2OCC[C@H]21)S(=O)(=O)c1ccc2c(c1)/C(=C/NCC(C)(C)C)C(=O)N2. The number of fused-ring (bicyclic) bond motifs is 2. The molecular weight excluding hydrogens is 636 g/mol. The maximum absolute atomic E-state index is 14.2. The Kier molecular flexibility index (Phi) is 11.2. The molecule has 2 amide bonds. The van der Waals surface area contributed by atoms with Crippen LogP contribution in [0.5, 0.6) is 0 Å². The minimum Gasteiger partial charge on any atom is -0.443 e. The fraction of sp³-hybridized carbons (Fsp3) is 0.543. The van der Waals surface area contributed by atoms with Crippen molar-refractivity contribution in [2.24, 2.45) is 17.3 Å². The quantitative estimate of drug-likeness (QED) is 0.231. The summed E-state index contributed by atoms with van der Waals surface area (Å²) < 4.78 is 46.5. The maximum atomic E-state index is 14.2. The Morgan fingerprint density at radius 3 is 2.60 bits per heavy atom. The molecular formula is C35H48N4O8S. The van der Waals surface area contributed by atoms with E-state index in [-0.39, 0.29) is 60.5 Å². The molecule has 13 heteroatoms. The number of carbonyl (C=O) groups is 2. The number of ether oxygens (including phenoxy) is 3. The summed E-state index contributed by atoms with van der Waals surface area (Å²) in [6, 6.07) is 13.0. The van der Waals surface area contributed by atoms with E-state index in [1.807, 2.05) is 44.2 Å². The van der Waals surface area contributed by atoms with Gasteiger partial charge in [-0.3, -0.25) is 4.79 Å². The molecule has 0 aliphatic carbocycles. The number of hydrogen-bond donors (Lipinski definition) is 4. The molecule has 0 unspecified atom stereocenters. The number of benzene rings is 2. The Hall–Kier alpha value is -3.49. The molecule has 0 aromatic heterocycles. The van der Waals surface area contributed by atoms with Gasteiger partial charge in [-0.15, -0.1) is 0 Å². The summed E-state index contributed by atoms with van der Waals surface area (Å²) in [4.78, 5) is 25.9. The van der Waals surface area contributed by atoms with E-state index in [2.05, 4.69) is 36.7 Å². The Morgan fingerprint density at radius 2 is 1.90 bits per heavy atom. The van der Waals surface area contributed by atoms with Gasteiger partial charge >= 0.3 is 6.09 Å². The van der Waals surface area contributed by atoms with E-state index < -0.39 is 34.4 Å². The van der Waals surface area contributed by atoms with Crippen molar-refractivity contribution in [1.29, 1.82) is 0 Å². The average Bonchev–Trinajstić information content (AvgIpc) is 3.72. The van der Waals surface area contributed by atoms with E-state index >= 15 is 0 Å². The molecule has 3 aliphatic heterocycles. The molecule has 0 spiro atoms. The number of carbonyl (C=O) groups excluding carboxylic acids is 2. The molecule has 5 rings (SSSR count). The molecule has 2 fully saturated rings. The molecule has 0 saturated carbocycles. The standard InChI is InChI=1S/C35H48N4O8S/c1-22(2)18-39(48(43,44)24-11-12-28-26(16-24)27(32(41)37-28)17-36-21-35(3,4)5)19-30(40)29(15-23-9-7-6-8-10-23)38-34(42)47-31-20-46-33-25(31)13-14-45-33/h6-12,16-17,22,25,29-31,33,36,40H,13-15,18-21H2,1-5H3,(H,37,41)(H,38,42)/b27-17-/t25-,29-,30+,31-,33+/m0/s1. The lowest BCUT2D eigenvalue weighted by Gasteiger charge is -2.31. The van der Waals surface area contributed by atoms with Crippen molar-refractivity contribution in [2.45, 2.75) is 76.9 Å². The summed E-state index contributed by atoms with van der Waals surface area (Å²) in [6.45, 7) is 11.2. The predicted molar refractivity (Wildman–Crippen MR) is 181 cm³/mol. The normalized spacial score (nSPS) is 22.8. The summed E-state index contributed by atoms with van der Waals surface area (Å²) >= 11 is 0. The van der Waals surface area contributed by atoms with E-state index in [1.54, 1.807) is 12.3 Å². The van der Waals surface area contributed by atoms with Gasteiger partial charge < -0.3 is 35.3 Å². The Bertz CT molecular complexity index is 1590. The van der Waals surface area contributed by atoms with Crippen LogP contribution in [0.4, 0.5) is 10.5 Å². The van der Waals surface area contributed by atoms with Crippen LogP contribution in [0.3, 0.4) is 0 Å². The van der Waals surface area contributed by atoms with Crippen LogP contribution in [0.25, 0.3) is 5.57 Å². The predicted octanol–water partition coefficient (Wildman–Crippen LogP) is 3.72. The van der Waals surface area contributed by atoms with Crippen molar-refractivity contribution >= 4 is 33.3 Å². The van der Waals surface area contributed by atoms with E-state index in [4.69, 9.17) is 14.2 Å². The highest BCUT2D eigenvalue weighted by atomic mass is 32.2. The molecule has 0 radical (unpaired) electrons. The summed E-state index contributed by atoms with van der Waals surface area (Å²) in [6.07, 6.45) is -0.289. The van der Waals surface area contributed by atoms with Crippen molar-refractivity contribution in [1.82, 2.24) is 14.9 Å². The monoisotopic (exact) mass is 684 g/mol. The van der Waals surface area contributed by atoms with E-state index in [0.29, 0.717) is 30.0 Å². The molecule has 3 heterocycles. The smallest absolute Gasteiger partial charge is 0.407 e. The molecule has 12 nitrogen and oxygen atoms in total. The fourth-order valence-electron chi connectivity index (χ4n) is 6.11. The topological polar surface area (TPSA) is 156 Å². The summed E-state index contributed by atoms with van der Waals surface area (Å²) in [5.41, 5.74) is 2.16. The Balaban J connectivity index is 1.36. The van der Waals surface area contributed by atoms with Crippen molar-refractivity contribution < 1.29 is 37.3 Å². The van der Waals surface area contributed by atoms with Gasteiger partial charge in [0.05, 0.1) is 41.7 Å². The lowest BCUT2D eigenvalue weighted by molar-refractivity contribution is -0.110. The highest BCUT2D eigenvalue weighted by Crippen LogP contribution is 2.35. The van der Waals surface area contributed by atoms with Crippen molar-refractivity contribution in [3.63, 3.8) is 0 Å². The Morgan fingerprint density at radius 1 is 1.15 bits per heavy atom. The summed E-state index contributed by atoms with van der Waals surface area (Å²) in [5, 5.41) is 20.4. The number of anilines is 1. The lowest BCUT2D eigenvalue weighted by Crippen LogP contribution is -2.51. The second-order valence-electron chi connectivity index (χ2n) is 14.4. The molecule has 2 aromatic rings. The molecule has 4 N–H and O–H groups in total. The van der Waals surface area contributed by atoms with Crippen LogP contribution in [0.2, 0.25) is 0 Å². The molecule has 48 heavy (non-hydrogen) atoms. The molecule has 2 aromatic carbocycles. The van der Waals surface area contributed by atoms with Crippen LogP contribution in [-0.2, 0) is 35.4 Å². The number of hydrogen-bond acceptors (Lipinski definition) is 9. The second kappa shape index (κ2) is 15.0. The van der Waals surface area contributed by atoms with Crippen LogP contribution in [0, 0.1) is 17.3 Å². The third-order valence-corrected chi connectivity index (χ3v) is 10.4. The van der Waals surface area contributed by atoms with E-state index in [1.165, 1.54) is 16.4 Å². The molecule has 262 valence electrons. The van der Waals surface area contributed by atoms with Gasteiger partial charge in [-0.1, -0.05) is 65.0 Å². The van der Waals surface area contributed by atoms with Gasteiger partial charge in [0.1, 0.15) is 6.10 Å². The van der Waals surface area contributed by atoms with E-state index in [9.17, 15) is 23.1 Å². The van der Waals surface area contributed by atoms with Crippen LogP contribution in [0.15, 0.2) is 59.6 Å². The van der Waals surface area contributed by atoms with Gasteiger partial charge in [0.25, 0.3) is 5.91 Å². The third-order valence-electron chi connectivity index (χ3n) is 8.56. The number of sulfonamides is 1. The Labute approximate surface area is 283 Å². The number of aliphatic hydroxyl groups is 1. The molecule has 3 aliphatic rings. The van der Waals surface area contributed by atoms with Gasteiger partial charge in [-0.05, 0) is 47.9 Å². The first kappa shape index (κ1) is 35.8. The molecule has 0 bridgehead atoms. The molecule has 5 atom stereocenters. The van der Waals surface area contributed by atoms with Crippen LogP contribution in [0.1, 0.15) is 52.2 Å². The molecule has 2 saturated heterocycles. The van der Waals surface area contributed by atoms with Crippen molar-refractivity contribution in [3.05, 3.63) is 65.9 Å². The van der Waals surface area contributed by atoms with E-state index in [0.717, 1.165) is 12.0 Å². The minimum atomic E-state index is -4.15. The van der Waals surface area contributed by atoms with Gasteiger partial charge in [0, 0.05) is 37.1 Å². The second-order valence-corrected chi connectivity index (χ2v) is 16.3. The van der Waals surface area contributed by atoms with Crippen molar-refractivity contribution in [2.75, 3.05) is 38.2 Å². The van der Waals surface area contributed by atoms with Gasteiger partial charge in [0.2, 0.25) is 10.0 Å². The highest BCUT2D eigenvalue weighted by Gasteiger charge is 2.44. The first-order valence-electron chi connectivity index (χ1n) is 16.5. The van der Waals surface area contributed by atoms with Crippen LogP contribution >= 0.6 is 0 Å². The number of nitrogens with one attached hydrogen (secondary N) is 3. The number of nitrogens with zero attached hydrogens (tertiary/aromatic N) is 1. The fourth-order valence-corrected chi connectivity index (χ4v) is 7.76. The van der Waals surface area contributed by atoms with Gasteiger partial charge in [-0.2, -0.15) is 4.31 Å². The third kappa shape index (κ3) is 8.75. The van der Waals surface area contributed by atoms with Gasteiger partial charge in [0.15, 0.2) is 6.29 Å². The zero-order chi connectivity index (χ0) is 34.6. The number of alkyl carbamates (subject to hydrolysis) is 1. The first-order valence-corrected chi connectivity index (χ1v) is 18.0. The maximum Gasteiger partial charge on any atom is 0.407 e. The van der Waals surface area contributed by atoms with Crippen LogP contribution in [-0.4, -0.2) is 87.2 Å². The van der Waals surface area contributed by atoms with Gasteiger partial charge in [-0.25, -0.2) is 13.2 Å². The minimum absolute atomic E-state index is 0.00568. The lowest BCUT2D eigenvalue weighted by atomic mass is 9.97. The van der Waals surface area contributed by atoms with Crippen LogP contribution < -0.4 is 16.0 Å². The average molecular weight is 685 g/mol. The van der Waals surface area contributed by atoms with Crippen molar-refractivity contribution in [3.8, 4) is 0 Å². The number of amides is 2. The summed E-state index contributed by atoms with van der Waals surface area (Å²) in [5.74, 6) is -0.448. The number of aliphatic hydroxyl groups excluding tert-OH is 1. The zero-order valence-corrected chi connectivity index (χ0v) is 29.1. The summed E-state index contributed by atoms with van der Waals surface area (Å²) in [7, 11) is -4.15. The largest absolute Gasteiger partial charge is 0.443 e. The zero-order valence-electron chi connectivity index (χ0n) is 28.3. The highest BCUT2D eigenvalue weighted by molar-refractivity contribution is 7.89.